The Labute approximate surface area is 57.6 Å². The molecule has 1 aromatic rings. The first-order valence-electron chi connectivity index (χ1n) is 2.52. The molecule has 0 spiro atoms. The summed E-state index contributed by atoms with van der Waals surface area (Å²) >= 11 is 0. The van der Waals surface area contributed by atoms with Crippen molar-refractivity contribution in [2.45, 2.75) is 0 Å². The van der Waals surface area contributed by atoms with Gasteiger partial charge in [-0.25, -0.2) is 4.98 Å². The van der Waals surface area contributed by atoms with Gasteiger partial charge in [-0.2, -0.15) is 0 Å². The molecule has 0 unspecified atom stereocenters. The van der Waals surface area contributed by atoms with Crippen LogP contribution in [0.1, 0.15) is 5.69 Å². The quantitative estimate of drug-likeness (QED) is 0.369. The second kappa shape index (κ2) is 3.05. The molecule has 1 rings (SSSR count). The highest BCUT2D eigenvalue weighted by Gasteiger charge is 1.79. The third kappa shape index (κ3) is 1.71. The monoisotopic (exact) mass is 130 g/mol. The maximum atomic E-state index is 3.96. The van der Waals surface area contributed by atoms with Gasteiger partial charge in [0.15, 0.2) is 0 Å². The molecule has 0 aliphatic rings. The summed E-state index contributed by atoms with van der Waals surface area (Å²) in [5, 5.41) is 0. The molecule has 0 aromatic carbocycles. The van der Waals surface area contributed by atoms with E-state index in [1.54, 1.807) is 6.20 Å². The molecule has 2 heteroatoms. The first kappa shape index (κ1) is 6.05. The Hall–Kier alpha value is -1.07. The molecule has 0 saturated carbocycles. The SMILES string of the molecule is [Si]C#Cc1ccccn1. The molecule has 9 heavy (non-hydrogen) atoms. The van der Waals surface area contributed by atoms with Gasteiger partial charge in [0.1, 0.15) is 15.9 Å². The number of rotatable bonds is 0. The molecule has 0 N–H and O–H groups in total. The average Bonchev–Trinajstić information content (AvgIpc) is 1.91. The van der Waals surface area contributed by atoms with Crippen LogP contribution in [0.4, 0.5) is 0 Å². The predicted octanol–water partition coefficient (Wildman–Crippen LogP) is 0.559. The van der Waals surface area contributed by atoms with Crippen molar-refractivity contribution in [2.24, 2.45) is 0 Å². The van der Waals surface area contributed by atoms with E-state index in [0.29, 0.717) is 0 Å². The molecule has 0 saturated heterocycles. The third-order valence-electron chi connectivity index (χ3n) is 0.855. The normalized spacial score (nSPS) is 7.67. The van der Waals surface area contributed by atoms with Gasteiger partial charge in [-0.15, -0.1) is 5.54 Å². The van der Waals surface area contributed by atoms with E-state index in [-0.39, 0.29) is 0 Å². The van der Waals surface area contributed by atoms with Gasteiger partial charge in [0.2, 0.25) is 0 Å². The molecule has 0 aliphatic heterocycles. The van der Waals surface area contributed by atoms with Crippen LogP contribution in [0.25, 0.3) is 0 Å². The van der Waals surface area contributed by atoms with Gasteiger partial charge >= 0.3 is 0 Å². The first-order chi connectivity index (χ1) is 4.43. The summed E-state index contributed by atoms with van der Waals surface area (Å²) in [5.74, 6) is 2.76. The molecule has 1 heterocycles. The lowest BCUT2D eigenvalue weighted by Gasteiger charge is -1.82. The van der Waals surface area contributed by atoms with Crippen LogP contribution in [0.5, 0.6) is 0 Å². The Kier molecular flexibility index (Phi) is 2.05. The summed E-state index contributed by atoms with van der Waals surface area (Å²) < 4.78 is 0. The molecule has 3 radical (unpaired) electrons. The van der Waals surface area contributed by atoms with Crippen LogP contribution < -0.4 is 0 Å². The van der Waals surface area contributed by atoms with Crippen LogP contribution in [-0.4, -0.2) is 15.2 Å². The minimum absolute atomic E-state index is 0.785. The highest BCUT2D eigenvalue weighted by Crippen LogP contribution is 1.87. The molecular formula is C7H4NSi. The van der Waals surface area contributed by atoms with E-state index in [4.69, 9.17) is 0 Å². The highest BCUT2D eigenvalue weighted by atomic mass is 28.1. The summed E-state index contributed by atoms with van der Waals surface area (Å²) in [6.07, 6.45) is 1.71. The number of nitrogens with zero attached hydrogens (tertiary/aromatic N) is 1. The van der Waals surface area contributed by atoms with Gasteiger partial charge < -0.3 is 0 Å². The predicted molar refractivity (Wildman–Crippen MR) is 36.9 cm³/mol. The van der Waals surface area contributed by atoms with Crippen LogP contribution in [0.2, 0.25) is 0 Å². The van der Waals surface area contributed by atoms with E-state index in [0.717, 1.165) is 5.69 Å². The van der Waals surface area contributed by atoms with E-state index in [9.17, 15) is 0 Å². The van der Waals surface area contributed by atoms with Crippen LogP contribution in [-0.2, 0) is 0 Å². The lowest BCUT2D eigenvalue weighted by molar-refractivity contribution is 1.29. The van der Waals surface area contributed by atoms with Gasteiger partial charge in [-0.1, -0.05) is 12.0 Å². The van der Waals surface area contributed by atoms with E-state index in [1.165, 1.54) is 0 Å². The molecule has 0 atom stereocenters. The summed E-state index contributed by atoms with van der Waals surface area (Å²) in [4.78, 5) is 3.96. The van der Waals surface area contributed by atoms with E-state index in [2.05, 4.69) is 26.7 Å². The summed E-state index contributed by atoms with van der Waals surface area (Å²) in [6, 6.07) is 5.62. The topological polar surface area (TPSA) is 12.9 Å². The molecular weight excluding hydrogens is 126 g/mol. The Morgan fingerprint density at radius 1 is 1.44 bits per heavy atom. The Bertz CT molecular complexity index is 232. The van der Waals surface area contributed by atoms with Crippen LogP contribution >= 0.6 is 0 Å². The smallest absolute Gasteiger partial charge is 0.148 e. The summed E-state index contributed by atoms with van der Waals surface area (Å²) in [7, 11) is 3.03. The lowest BCUT2D eigenvalue weighted by atomic mass is 10.4. The maximum absolute atomic E-state index is 3.96. The Morgan fingerprint density at radius 2 is 2.33 bits per heavy atom. The minimum atomic E-state index is 0.785. The Morgan fingerprint density at radius 3 is 2.89 bits per heavy atom. The van der Waals surface area contributed by atoms with Gasteiger partial charge in [0.25, 0.3) is 0 Å². The number of aromatic nitrogens is 1. The van der Waals surface area contributed by atoms with Crippen molar-refractivity contribution < 1.29 is 0 Å². The van der Waals surface area contributed by atoms with E-state index >= 15 is 0 Å². The zero-order valence-corrected chi connectivity index (χ0v) is 5.76. The van der Waals surface area contributed by atoms with Crippen LogP contribution in [0.15, 0.2) is 24.4 Å². The van der Waals surface area contributed by atoms with E-state index < -0.39 is 0 Å². The van der Waals surface area contributed by atoms with Gasteiger partial charge in [0, 0.05) is 6.20 Å². The standard InChI is InChI=1S/C7H4NSi/c9-6-4-7-3-1-2-5-8-7/h1-3,5H. The van der Waals surface area contributed by atoms with Crippen LogP contribution in [0, 0.1) is 11.5 Å². The van der Waals surface area contributed by atoms with Crippen molar-refractivity contribution in [3.05, 3.63) is 30.1 Å². The molecule has 0 bridgehead atoms. The van der Waals surface area contributed by atoms with E-state index in [1.807, 2.05) is 18.2 Å². The second-order valence-electron chi connectivity index (χ2n) is 1.46. The minimum Gasteiger partial charge on any atom is -0.248 e. The fourth-order valence-electron chi connectivity index (χ4n) is 0.501. The highest BCUT2D eigenvalue weighted by molar-refractivity contribution is 6.22. The van der Waals surface area contributed by atoms with Gasteiger partial charge in [-0.05, 0) is 12.1 Å². The molecule has 0 fully saturated rings. The molecule has 0 amide bonds. The first-order valence-corrected chi connectivity index (χ1v) is 3.02. The number of hydrogen-bond acceptors (Lipinski definition) is 1. The van der Waals surface area contributed by atoms with Crippen molar-refractivity contribution in [1.82, 2.24) is 4.98 Å². The molecule has 1 nitrogen and oxygen atoms in total. The molecule has 41 valence electrons. The average molecular weight is 130 g/mol. The van der Waals surface area contributed by atoms with Crippen LogP contribution in [0.3, 0.4) is 0 Å². The number of pyridine rings is 1. The van der Waals surface area contributed by atoms with Crippen molar-refractivity contribution in [1.29, 1.82) is 0 Å². The largest absolute Gasteiger partial charge is 0.248 e. The van der Waals surface area contributed by atoms with Crippen molar-refractivity contribution >= 4 is 10.2 Å². The Balaban J connectivity index is 2.94. The zero-order chi connectivity index (χ0) is 6.53. The number of hydrogen-bond donors (Lipinski definition) is 0. The van der Waals surface area contributed by atoms with Gasteiger partial charge in [0.05, 0.1) is 0 Å². The summed E-state index contributed by atoms with van der Waals surface area (Å²) in [5.41, 5.74) is 3.36. The fourth-order valence-corrected chi connectivity index (χ4v) is 0.629. The summed E-state index contributed by atoms with van der Waals surface area (Å²) in [6.45, 7) is 0. The zero-order valence-electron chi connectivity index (χ0n) is 4.76. The molecule has 0 aliphatic carbocycles. The lowest BCUT2D eigenvalue weighted by Crippen LogP contribution is -1.77. The third-order valence-corrected chi connectivity index (χ3v) is 0.980. The van der Waals surface area contributed by atoms with Gasteiger partial charge in [-0.3, -0.25) is 0 Å². The molecule has 1 aromatic heterocycles. The van der Waals surface area contributed by atoms with Crippen molar-refractivity contribution in [3.8, 4) is 11.5 Å². The van der Waals surface area contributed by atoms with Crippen molar-refractivity contribution in [2.75, 3.05) is 0 Å². The fraction of sp³-hybridized carbons (Fsp3) is 0. The van der Waals surface area contributed by atoms with Crippen molar-refractivity contribution in [3.63, 3.8) is 0 Å². The second-order valence-corrected chi connectivity index (χ2v) is 1.71. The maximum Gasteiger partial charge on any atom is 0.148 e.